The van der Waals surface area contributed by atoms with Crippen molar-refractivity contribution < 1.29 is 29.4 Å². The summed E-state index contributed by atoms with van der Waals surface area (Å²) in [4.78, 5) is 44.9. The second kappa shape index (κ2) is 9.47. The highest BCUT2D eigenvalue weighted by Crippen LogP contribution is 1.98. The molecule has 0 aliphatic heterocycles. The molecule has 0 aromatic carbocycles. The van der Waals surface area contributed by atoms with Crippen LogP contribution in [0.4, 0.5) is 0 Å². The van der Waals surface area contributed by atoms with Crippen LogP contribution in [0, 0.1) is 0 Å². The Labute approximate surface area is 131 Å². The fourth-order valence-corrected chi connectivity index (χ4v) is 1.62. The Bertz CT molecular complexity index is 420. The van der Waals surface area contributed by atoms with Crippen molar-refractivity contribution >= 4 is 49.0 Å². The molecule has 0 unspecified atom stereocenters. The van der Waals surface area contributed by atoms with Crippen molar-refractivity contribution in [2.45, 2.75) is 24.5 Å². The molecule has 0 aliphatic carbocycles. The molecule has 0 radical (unpaired) electrons. The standard InChI is InChI=1S/C10H17N3O6S2/c11-4(2-20)8(16)12-5(1-7(14)15)9(17)13-6(3-21)10(18)19/h4-6,20-21H,1-3,11H2,(H,12,16)(H,13,17)(H,14,15)(H,18,19)/t4-,5-,6-/m0/s1. The number of aliphatic carboxylic acids is 2. The number of carboxylic acid groups (broad SMARTS) is 2. The lowest BCUT2D eigenvalue weighted by Crippen LogP contribution is -2.55. The summed E-state index contributed by atoms with van der Waals surface area (Å²) in [5.74, 6) is -4.56. The van der Waals surface area contributed by atoms with Crippen molar-refractivity contribution in [3.8, 4) is 0 Å². The molecule has 0 bridgehead atoms. The number of amides is 2. The number of hydrogen-bond acceptors (Lipinski definition) is 7. The molecule has 3 atom stereocenters. The Balaban J connectivity index is 4.88. The molecule has 0 aromatic rings. The number of carbonyl (C=O) groups is 4. The molecule has 9 nitrogen and oxygen atoms in total. The number of hydrogen-bond donors (Lipinski definition) is 7. The first kappa shape index (κ1) is 19.5. The number of nitrogens with two attached hydrogens (primary N) is 1. The van der Waals surface area contributed by atoms with Crippen LogP contribution in [-0.4, -0.2) is 63.6 Å². The number of rotatable bonds is 9. The minimum absolute atomic E-state index is 0.00162. The van der Waals surface area contributed by atoms with Gasteiger partial charge in [-0.2, -0.15) is 25.3 Å². The maximum atomic E-state index is 11.9. The predicted molar refractivity (Wildman–Crippen MR) is 79.4 cm³/mol. The molecule has 0 aliphatic rings. The van der Waals surface area contributed by atoms with E-state index in [1.54, 1.807) is 0 Å². The summed E-state index contributed by atoms with van der Waals surface area (Å²) in [7, 11) is 0. The molecular formula is C10H17N3O6S2. The minimum atomic E-state index is -1.44. The summed E-state index contributed by atoms with van der Waals surface area (Å²) >= 11 is 7.56. The summed E-state index contributed by atoms with van der Waals surface area (Å²) in [5.41, 5.74) is 5.40. The molecule has 0 rings (SSSR count). The topological polar surface area (TPSA) is 159 Å². The van der Waals surface area contributed by atoms with Crippen LogP contribution in [0.25, 0.3) is 0 Å². The smallest absolute Gasteiger partial charge is 0.327 e. The second-order valence-electron chi connectivity index (χ2n) is 4.03. The number of carboxylic acids is 2. The number of nitrogens with one attached hydrogen (secondary N) is 2. The zero-order chi connectivity index (χ0) is 16.6. The Morgan fingerprint density at radius 3 is 1.86 bits per heavy atom. The van der Waals surface area contributed by atoms with Crippen LogP contribution in [0.15, 0.2) is 0 Å². The third-order valence-electron chi connectivity index (χ3n) is 2.34. The molecule has 0 saturated carbocycles. The largest absolute Gasteiger partial charge is 0.481 e. The van der Waals surface area contributed by atoms with Gasteiger partial charge in [-0.05, 0) is 0 Å². The molecule has 0 spiro atoms. The van der Waals surface area contributed by atoms with E-state index in [4.69, 9.17) is 15.9 Å². The van der Waals surface area contributed by atoms with Gasteiger partial charge in [0.2, 0.25) is 11.8 Å². The zero-order valence-electron chi connectivity index (χ0n) is 10.9. The van der Waals surface area contributed by atoms with Gasteiger partial charge in [-0.3, -0.25) is 14.4 Å². The summed E-state index contributed by atoms with van der Waals surface area (Å²) < 4.78 is 0. The van der Waals surface area contributed by atoms with Gasteiger partial charge in [-0.1, -0.05) is 0 Å². The fraction of sp³-hybridized carbons (Fsp3) is 0.600. The predicted octanol–water partition coefficient (Wildman–Crippen LogP) is -2.30. The summed E-state index contributed by atoms with van der Waals surface area (Å²) in [5, 5.41) is 21.8. The molecule has 6 N–H and O–H groups in total. The Hall–Kier alpha value is -1.46. The Kier molecular flexibility index (Phi) is 8.81. The van der Waals surface area contributed by atoms with Crippen LogP contribution >= 0.6 is 25.3 Å². The zero-order valence-corrected chi connectivity index (χ0v) is 12.6. The monoisotopic (exact) mass is 339 g/mol. The molecule has 21 heavy (non-hydrogen) atoms. The lowest BCUT2D eigenvalue weighted by atomic mass is 10.1. The van der Waals surface area contributed by atoms with Crippen LogP contribution in [0.3, 0.4) is 0 Å². The first-order valence-corrected chi connectivity index (χ1v) is 7.02. The van der Waals surface area contributed by atoms with E-state index in [9.17, 15) is 19.2 Å². The first-order chi connectivity index (χ1) is 9.72. The van der Waals surface area contributed by atoms with Crippen molar-refractivity contribution in [3.63, 3.8) is 0 Å². The van der Waals surface area contributed by atoms with Gasteiger partial charge >= 0.3 is 11.9 Å². The van der Waals surface area contributed by atoms with Gasteiger partial charge in [0.15, 0.2) is 0 Å². The van der Waals surface area contributed by atoms with E-state index in [1.807, 2.05) is 0 Å². The lowest BCUT2D eigenvalue weighted by molar-refractivity contribution is -0.142. The second-order valence-corrected chi connectivity index (χ2v) is 4.76. The van der Waals surface area contributed by atoms with E-state index in [0.29, 0.717) is 0 Å². The summed E-state index contributed by atoms with van der Waals surface area (Å²) in [6.07, 6.45) is -0.713. The molecule has 0 fully saturated rings. The molecule has 0 aromatic heterocycles. The van der Waals surface area contributed by atoms with Crippen molar-refractivity contribution in [1.82, 2.24) is 10.6 Å². The van der Waals surface area contributed by atoms with E-state index in [2.05, 4.69) is 35.9 Å². The molecule has 0 heterocycles. The van der Waals surface area contributed by atoms with Gasteiger partial charge in [0, 0.05) is 11.5 Å². The van der Waals surface area contributed by atoms with Gasteiger partial charge in [-0.15, -0.1) is 0 Å². The third-order valence-corrected chi connectivity index (χ3v) is 3.10. The number of thiol groups is 2. The van der Waals surface area contributed by atoms with Crippen molar-refractivity contribution in [2.24, 2.45) is 5.73 Å². The van der Waals surface area contributed by atoms with Crippen LogP contribution in [0.5, 0.6) is 0 Å². The van der Waals surface area contributed by atoms with Gasteiger partial charge in [0.1, 0.15) is 12.1 Å². The van der Waals surface area contributed by atoms with Crippen molar-refractivity contribution in [2.75, 3.05) is 11.5 Å². The highest BCUT2D eigenvalue weighted by atomic mass is 32.1. The highest BCUT2D eigenvalue weighted by molar-refractivity contribution is 7.80. The van der Waals surface area contributed by atoms with Crippen LogP contribution in [-0.2, 0) is 19.2 Å². The SMILES string of the molecule is N[C@@H](CS)C(=O)N[C@@H](CC(=O)O)C(=O)N[C@@H](CS)C(=O)O. The van der Waals surface area contributed by atoms with E-state index >= 15 is 0 Å². The van der Waals surface area contributed by atoms with E-state index in [0.717, 1.165) is 0 Å². The van der Waals surface area contributed by atoms with Gasteiger partial charge in [-0.25, -0.2) is 4.79 Å². The van der Waals surface area contributed by atoms with Crippen LogP contribution < -0.4 is 16.4 Å². The highest BCUT2D eigenvalue weighted by Gasteiger charge is 2.28. The van der Waals surface area contributed by atoms with Crippen LogP contribution in [0.1, 0.15) is 6.42 Å². The molecule has 11 heteroatoms. The first-order valence-electron chi connectivity index (χ1n) is 5.75. The Morgan fingerprint density at radius 2 is 1.48 bits per heavy atom. The third kappa shape index (κ3) is 7.20. The Morgan fingerprint density at radius 1 is 0.952 bits per heavy atom. The minimum Gasteiger partial charge on any atom is -0.481 e. The molecule has 0 saturated heterocycles. The maximum Gasteiger partial charge on any atom is 0.327 e. The molecule has 2 amide bonds. The quantitative estimate of drug-likeness (QED) is 0.233. The van der Waals surface area contributed by atoms with E-state index in [1.165, 1.54) is 0 Å². The molecular weight excluding hydrogens is 322 g/mol. The fourth-order valence-electron chi connectivity index (χ4n) is 1.20. The van der Waals surface area contributed by atoms with E-state index < -0.39 is 48.3 Å². The van der Waals surface area contributed by atoms with Gasteiger partial charge in [0.25, 0.3) is 0 Å². The summed E-state index contributed by atoms with van der Waals surface area (Å²) in [6.45, 7) is 0. The normalized spacial score (nSPS) is 14.6. The summed E-state index contributed by atoms with van der Waals surface area (Å²) in [6, 6.07) is -3.76. The maximum absolute atomic E-state index is 11.9. The van der Waals surface area contributed by atoms with Crippen molar-refractivity contribution in [3.05, 3.63) is 0 Å². The number of carbonyl (C=O) groups excluding carboxylic acids is 2. The van der Waals surface area contributed by atoms with Crippen LogP contribution in [0.2, 0.25) is 0 Å². The van der Waals surface area contributed by atoms with Gasteiger partial charge < -0.3 is 26.6 Å². The van der Waals surface area contributed by atoms with Crippen molar-refractivity contribution in [1.29, 1.82) is 0 Å². The average molecular weight is 339 g/mol. The van der Waals surface area contributed by atoms with Gasteiger partial charge in [0.05, 0.1) is 12.5 Å². The van der Waals surface area contributed by atoms with E-state index in [-0.39, 0.29) is 11.5 Å². The molecule has 120 valence electrons. The average Bonchev–Trinajstić information content (AvgIpc) is 2.41. The lowest BCUT2D eigenvalue weighted by Gasteiger charge is -2.20.